The molecule has 21 heavy (non-hydrogen) atoms. The fourth-order valence-corrected chi connectivity index (χ4v) is 2.19. The Bertz CT molecular complexity index is 590. The van der Waals surface area contributed by atoms with Crippen LogP contribution in [0.15, 0.2) is 43.0 Å². The van der Waals surface area contributed by atoms with Crippen LogP contribution in [-0.2, 0) is 10.3 Å². The maximum atomic E-state index is 12.5. The summed E-state index contributed by atoms with van der Waals surface area (Å²) in [6.07, 6.45) is 1.62. The molecule has 1 atom stereocenters. The summed E-state index contributed by atoms with van der Waals surface area (Å²) in [5, 5.41) is 6.53. The highest BCUT2D eigenvalue weighted by Crippen LogP contribution is 2.27. The Balaban J connectivity index is 2.17. The number of rotatable bonds is 4. The molecule has 0 aliphatic carbocycles. The van der Waals surface area contributed by atoms with Crippen molar-refractivity contribution in [2.45, 2.75) is 12.5 Å². The first-order chi connectivity index (χ1) is 9.99. The molecule has 0 aromatic heterocycles. The number of nitrogens with zero attached hydrogens (tertiary/aromatic N) is 1. The lowest BCUT2D eigenvalue weighted by Gasteiger charge is -2.22. The van der Waals surface area contributed by atoms with E-state index in [1.54, 1.807) is 25.1 Å². The summed E-state index contributed by atoms with van der Waals surface area (Å²) in [4.78, 5) is 24.5. The number of hydrazine groups is 1. The van der Waals surface area contributed by atoms with Crippen LogP contribution in [0.1, 0.15) is 12.5 Å². The van der Waals surface area contributed by atoms with Crippen LogP contribution in [0.5, 0.6) is 0 Å². The van der Waals surface area contributed by atoms with E-state index in [1.165, 1.54) is 0 Å². The van der Waals surface area contributed by atoms with Crippen molar-refractivity contribution in [1.29, 1.82) is 0 Å². The third kappa shape index (κ3) is 2.87. The molecule has 1 fully saturated rings. The number of carbonyl (C=O) groups is 2. The van der Waals surface area contributed by atoms with Crippen LogP contribution in [0.3, 0.4) is 0 Å². The van der Waals surface area contributed by atoms with Crippen molar-refractivity contribution in [3.8, 4) is 0 Å². The molecule has 1 aromatic carbocycles. The monoisotopic (exact) mass is 304 g/mol. The van der Waals surface area contributed by atoms with E-state index < -0.39 is 17.5 Å². The van der Waals surface area contributed by atoms with Crippen molar-refractivity contribution >= 4 is 29.3 Å². The van der Waals surface area contributed by atoms with Gasteiger partial charge in [0.2, 0.25) is 0 Å². The van der Waals surface area contributed by atoms with Gasteiger partial charge in [-0.1, -0.05) is 36.4 Å². The second-order valence-electron chi connectivity index (χ2n) is 4.67. The Hall–Kier alpha value is -2.41. The molecule has 3 N–H and O–H groups in total. The van der Waals surface area contributed by atoms with Crippen molar-refractivity contribution in [3.05, 3.63) is 48.6 Å². The van der Waals surface area contributed by atoms with E-state index in [0.29, 0.717) is 12.1 Å². The minimum absolute atomic E-state index is 0.177. The number of imide groups is 1. The van der Waals surface area contributed by atoms with E-state index in [-0.39, 0.29) is 5.11 Å². The zero-order valence-corrected chi connectivity index (χ0v) is 12.4. The van der Waals surface area contributed by atoms with Crippen molar-refractivity contribution in [3.63, 3.8) is 0 Å². The van der Waals surface area contributed by atoms with Crippen LogP contribution in [0.25, 0.3) is 0 Å². The van der Waals surface area contributed by atoms with Crippen LogP contribution in [0.2, 0.25) is 0 Å². The Morgan fingerprint density at radius 2 is 2.10 bits per heavy atom. The van der Waals surface area contributed by atoms with E-state index in [2.05, 4.69) is 22.6 Å². The van der Waals surface area contributed by atoms with Crippen LogP contribution < -0.4 is 16.1 Å². The van der Waals surface area contributed by atoms with Gasteiger partial charge in [-0.15, -0.1) is 6.58 Å². The number of thiocarbonyl (C=S) groups is 1. The van der Waals surface area contributed by atoms with Gasteiger partial charge in [-0.05, 0) is 24.7 Å². The van der Waals surface area contributed by atoms with Gasteiger partial charge in [0.15, 0.2) is 5.11 Å². The van der Waals surface area contributed by atoms with E-state index in [0.717, 1.165) is 5.01 Å². The van der Waals surface area contributed by atoms with Crippen molar-refractivity contribution in [2.24, 2.45) is 0 Å². The summed E-state index contributed by atoms with van der Waals surface area (Å²) in [6.45, 7) is 5.64. The molecule has 0 bridgehead atoms. The van der Waals surface area contributed by atoms with Crippen LogP contribution >= 0.6 is 12.2 Å². The fraction of sp³-hybridized carbons (Fsp3) is 0.214. The molecule has 1 heterocycles. The predicted molar refractivity (Wildman–Crippen MR) is 83.1 cm³/mol. The molecule has 1 aliphatic rings. The Labute approximate surface area is 128 Å². The first-order valence-corrected chi connectivity index (χ1v) is 6.77. The Morgan fingerprint density at radius 3 is 2.71 bits per heavy atom. The number of benzene rings is 1. The first kappa shape index (κ1) is 15.0. The molecule has 1 aromatic rings. The normalized spacial score (nSPS) is 20.9. The number of hydrogen-bond donors (Lipinski definition) is 3. The number of carbonyl (C=O) groups excluding carboxylic acids is 2. The first-order valence-electron chi connectivity index (χ1n) is 6.36. The van der Waals surface area contributed by atoms with Crippen LogP contribution in [-0.4, -0.2) is 28.6 Å². The lowest BCUT2D eigenvalue weighted by Crippen LogP contribution is -2.51. The van der Waals surface area contributed by atoms with E-state index in [1.807, 2.05) is 18.2 Å². The molecule has 2 rings (SSSR count). The van der Waals surface area contributed by atoms with Gasteiger partial charge in [0, 0.05) is 6.54 Å². The van der Waals surface area contributed by atoms with E-state index in [9.17, 15) is 9.59 Å². The second kappa shape index (κ2) is 5.92. The third-order valence-corrected chi connectivity index (χ3v) is 3.40. The molecule has 0 saturated carbocycles. The predicted octanol–water partition coefficient (Wildman–Crippen LogP) is 1.02. The fourth-order valence-electron chi connectivity index (χ4n) is 2.01. The topological polar surface area (TPSA) is 73.5 Å². The molecule has 0 unspecified atom stereocenters. The molecule has 110 valence electrons. The largest absolute Gasteiger partial charge is 0.358 e. The van der Waals surface area contributed by atoms with Crippen molar-refractivity contribution < 1.29 is 9.59 Å². The number of nitrogens with one attached hydrogen (secondary N) is 3. The van der Waals surface area contributed by atoms with Crippen molar-refractivity contribution in [2.75, 3.05) is 6.54 Å². The summed E-state index contributed by atoms with van der Waals surface area (Å²) in [5.74, 6) is -0.415. The summed E-state index contributed by atoms with van der Waals surface area (Å²) in [6, 6.07) is 8.50. The lowest BCUT2D eigenvalue weighted by atomic mass is 9.92. The second-order valence-corrected chi connectivity index (χ2v) is 5.08. The zero-order valence-electron chi connectivity index (χ0n) is 11.6. The highest BCUT2D eigenvalue weighted by Gasteiger charge is 2.49. The average molecular weight is 304 g/mol. The summed E-state index contributed by atoms with van der Waals surface area (Å²) in [7, 11) is 0. The van der Waals surface area contributed by atoms with Gasteiger partial charge >= 0.3 is 6.03 Å². The molecule has 0 spiro atoms. The van der Waals surface area contributed by atoms with Gasteiger partial charge in [0.1, 0.15) is 5.54 Å². The lowest BCUT2D eigenvalue weighted by molar-refractivity contribution is -0.132. The number of urea groups is 1. The standard InChI is InChI=1S/C14H16N4O2S/c1-3-9-15-12(21)17-18-11(19)14(2,16-13(18)20)10-7-5-4-6-8-10/h3-8H,1,9H2,2H3,(H,16,20)(H2,15,17,21)/t14-/m0/s1. The van der Waals surface area contributed by atoms with Crippen LogP contribution in [0.4, 0.5) is 4.79 Å². The Kier molecular flexibility index (Phi) is 4.23. The maximum Gasteiger partial charge on any atom is 0.344 e. The molecular formula is C14H16N4O2S. The molecule has 0 radical (unpaired) electrons. The summed E-state index contributed by atoms with van der Waals surface area (Å²) >= 11 is 5.01. The molecule has 7 heteroatoms. The average Bonchev–Trinajstić information content (AvgIpc) is 2.70. The van der Waals surface area contributed by atoms with Gasteiger partial charge in [-0.25, -0.2) is 4.79 Å². The molecule has 1 saturated heterocycles. The highest BCUT2D eigenvalue weighted by molar-refractivity contribution is 7.80. The number of amides is 3. The van der Waals surface area contributed by atoms with Crippen LogP contribution in [0, 0.1) is 0 Å². The van der Waals surface area contributed by atoms with Crippen molar-refractivity contribution in [1.82, 2.24) is 21.1 Å². The Morgan fingerprint density at radius 1 is 1.43 bits per heavy atom. The smallest absolute Gasteiger partial charge is 0.344 e. The zero-order chi connectivity index (χ0) is 15.5. The van der Waals surface area contributed by atoms with Gasteiger partial charge in [0.05, 0.1) is 0 Å². The van der Waals surface area contributed by atoms with Gasteiger partial charge < -0.3 is 10.6 Å². The maximum absolute atomic E-state index is 12.5. The molecule has 1 aliphatic heterocycles. The molecular weight excluding hydrogens is 288 g/mol. The quantitative estimate of drug-likeness (QED) is 0.440. The highest BCUT2D eigenvalue weighted by atomic mass is 32.1. The third-order valence-electron chi connectivity index (χ3n) is 3.16. The number of hydrogen-bond acceptors (Lipinski definition) is 3. The summed E-state index contributed by atoms with van der Waals surface area (Å²) < 4.78 is 0. The SMILES string of the molecule is C=CCNC(=S)NN1C(=O)N[C@@](C)(c2ccccc2)C1=O. The summed E-state index contributed by atoms with van der Waals surface area (Å²) in [5.41, 5.74) is 2.18. The van der Waals surface area contributed by atoms with Gasteiger partial charge in [-0.3, -0.25) is 10.2 Å². The van der Waals surface area contributed by atoms with Gasteiger partial charge in [-0.2, -0.15) is 5.01 Å². The minimum atomic E-state index is -1.11. The van der Waals surface area contributed by atoms with Gasteiger partial charge in [0.25, 0.3) is 5.91 Å². The van der Waals surface area contributed by atoms with E-state index in [4.69, 9.17) is 12.2 Å². The molecule has 6 nitrogen and oxygen atoms in total. The minimum Gasteiger partial charge on any atom is -0.358 e. The van der Waals surface area contributed by atoms with E-state index >= 15 is 0 Å². The molecule has 3 amide bonds.